The molecule has 0 saturated heterocycles. The molecule has 3 aromatic carbocycles. The van der Waals surface area contributed by atoms with Crippen molar-refractivity contribution < 1.29 is 14.4 Å². The Kier molecular flexibility index (Phi) is 6.86. The molecule has 0 fully saturated rings. The number of nitrogens with one attached hydrogen (secondary N) is 1. The average molecular weight is 406 g/mol. The predicted molar refractivity (Wildman–Crippen MR) is 112 cm³/mol. The number of nitrogens with zero attached hydrogens (tertiary/aromatic N) is 2. The number of hydrogen-bond acceptors (Lipinski definition) is 5. The Bertz CT molecular complexity index is 1030. The van der Waals surface area contributed by atoms with Gasteiger partial charge in [0.15, 0.2) is 0 Å². The number of carbonyl (C=O) groups excluding carboxylic acids is 2. The maximum absolute atomic E-state index is 12.0. The van der Waals surface area contributed by atoms with Crippen LogP contribution in [0, 0.1) is 0 Å². The summed E-state index contributed by atoms with van der Waals surface area (Å²) in [5.41, 5.74) is 4.87. The fraction of sp³-hybridized carbons (Fsp3) is 0. The van der Waals surface area contributed by atoms with E-state index < -0.39 is 11.9 Å². The molecule has 1 amide bonds. The summed E-state index contributed by atoms with van der Waals surface area (Å²) in [5.74, 6) is -1.01. The van der Waals surface area contributed by atoms with E-state index in [1.807, 2.05) is 30.3 Å². The Morgan fingerprint density at radius 1 is 0.897 bits per heavy atom. The molecule has 0 aromatic heterocycles. The van der Waals surface area contributed by atoms with Crippen LogP contribution < -0.4 is 5.48 Å². The first-order valence-electron chi connectivity index (χ1n) is 8.62. The maximum atomic E-state index is 12.0. The van der Waals surface area contributed by atoms with Crippen LogP contribution in [0.4, 0.5) is 11.4 Å². The van der Waals surface area contributed by atoms with Gasteiger partial charge in [-0.05, 0) is 60.2 Å². The highest BCUT2D eigenvalue weighted by atomic mass is 35.5. The Balaban J connectivity index is 1.50. The molecule has 144 valence electrons. The van der Waals surface area contributed by atoms with Crippen molar-refractivity contribution in [3.63, 3.8) is 0 Å². The summed E-state index contributed by atoms with van der Waals surface area (Å²) in [6.07, 6.45) is 2.98. The fourth-order valence-electron chi connectivity index (χ4n) is 2.22. The van der Waals surface area contributed by atoms with Crippen molar-refractivity contribution in [3.05, 3.63) is 101 Å². The largest absolute Gasteiger partial charge is 0.355 e. The van der Waals surface area contributed by atoms with Crippen LogP contribution in [-0.4, -0.2) is 11.9 Å². The Labute approximate surface area is 172 Å². The summed E-state index contributed by atoms with van der Waals surface area (Å²) in [6, 6.07) is 22.4. The number of carbonyl (C=O) groups is 2. The average Bonchev–Trinajstić information content (AvgIpc) is 2.76. The highest BCUT2D eigenvalue weighted by molar-refractivity contribution is 6.30. The first kappa shape index (κ1) is 20.0. The zero-order valence-electron chi connectivity index (χ0n) is 15.2. The van der Waals surface area contributed by atoms with Crippen molar-refractivity contribution in [2.75, 3.05) is 5.48 Å². The molecule has 3 rings (SSSR count). The maximum Gasteiger partial charge on any atom is 0.355 e. The monoisotopic (exact) mass is 405 g/mol. The highest BCUT2D eigenvalue weighted by Crippen LogP contribution is 2.18. The van der Waals surface area contributed by atoms with Crippen LogP contribution in [0.5, 0.6) is 0 Å². The smallest absolute Gasteiger partial charge is 0.339 e. The standard InChI is InChI=1S/C22H16ClN3O3/c23-18-9-7-17(8-10-18)22(28)25-24-19-11-13-20(14-12-19)26-29-21(27)15-6-16-4-2-1-3-5-16/h1-15,26H. The highest BCUT2D eigenvalue weighted by Gasteiger charge is 2.04. The van der Waals surface area contributed by atoms with Gasteiger partial charge in [-0.2, -0.15) is 0 Å². The molecule has 0 heterocycles. The van der Waals surface area contributed by atoms with Gasteiger partial charge in [0.25, 0.3) is 5.91 Å². The topological polar surface area (TPSA) is 80.1 Å². The number of amides is 1. The molecule has 0 saturated carbocycles. The molecule has 0 aliphatic rings. The lowest BCUT2D eigenvalue weighted by molar-refractivity contribution is -0.134. The van der Waals surface area contributed by atoms with Gasteiger partial charge < -0.3 is 4.84 Å². The van der Waals surface area contributed by atoms with E-state index in [4.69, 9.17) is 16.4 Å². The normalized spacial score (nSPS) is 10.9. The first-order valence-corrected chi connectivity index (χ1v) is 8.99. The molecule has 6 nitrogen and oxygen atoms in total. The van der Waals surface area contributed by atoms with Crippen LogP contribution >= 0.6 is 11.6 Å². The molecule has 0 unspecified atom stereocenters. The third kappa shape index (κ3) is 6.41. The Hall–Kier alpha value is -3.77. The van der Waals surface area contributed by atoms with Gasteiger partial charge in [-0.15, -0.1) is 10.2 Å². The Morgan fingerprint density at radius 3 is 2.28 bits per heavy atom. The zero-order chi connectivity index (χ0) is 20.5. The second-order valence-electron chi connectivity index (χ2n) is 5.83. The summed E-state index contributed by atoms with van der Waals surface area (Å²) in [6.45, 7) is 0. The molecule has 0 spiro atoms. The van der Waals surface area contributed by atoms with Gasteiger partial charge in [-0.3, -0.25) is 4.79 Å². The molecule has 1 N–H and O–H groups in total. The van der Waals surface area contributed by atoms with Crippen LogP contribution in [0.2, 0.25) is 5.02 Å². The van der Waals surface area contributed by atoms with E-state index in [2.05, 4.69) is 15.7 Å². The van der Waals surface area contributed by atoms with Gasteiger partial charge in [-0.25, -0.2) is 10.3 Å². The minimum absolute atomic E-state index is 0.395. The number of benzene rings is 3. The minimum Gasteiger partial charge on any atom is -0.339 e. The third-order valence-electron chi connectivity index (χ3n) is 3.70. The van der Waals surface area contributed by atoms with Crippen molar-refractivity contribution in [2.45, 2.75) is 0 Å². The number of halogens is 1. The van der Waals surface area contributed by atoms with E-state index in [1.54, 1.807) is 54.6 Å². The lowest BCUT2D eigenvalue weighted by atomic mass is 10.2. The molecule has 0 aliphatic carbocycles. The van der Waals surface area contributed by atoms with Crippen molar-refractivity contribution in [3.8, 4) is 0 Å². The van der Waals surface area contributed by atoms with Crippen molar-refractivity contribution in [2.24, 2.45) is 10.2 Å². The van der Waals surface area contributed by atoms with Crippen molar-refractivity contribution in [1.29, 1.82) is 0 Å². The van der Waals surface area contributed by atoms with Crippen LogP contribution in [0.15, 0.2) is 95.2 Å². The SMILES string of the molecule is O=C(C=Cc1ccccc1)ONc1ccc(N=NC(=O)c2ccc(Cl)cc2)cc1. The molecule has 0 radical (unpaired) electrons. The Morgan fingerprint density at radius 2 is 1.59 bits per heavy atom. The molecule has 3 aromatic rings. The summed E-state index contributed by atoms with van der Waals surface area (Å²) in [4.78, 5) is 28.7. The van der Waals surface area contributed by atoms with Crippen molar-refractivity contribution >= 4 is 40.9 Å². The summed E-state index contributed by atoms with van der Waals surface area (Å²) < 4.78 is 0. The van der Waals surface area contributed by atoms with E-state index >= 15 is 0 Å². The van der Waals surface area contributed by atoms with Crippen molar-refractivity contribution in [1.82, 2.24) is 0 Å². The summed E-state index contributed by atoms with van der Waals surface area (Å²) in [5, 5.41) is 8.12. The third-order valence-corrected chi connectivity index (χ3v) is 3.95. The lowest BCUT2D eigenvalue weighted by Gasteiger charge is -2.04. The number of hydrogen-bond donors (Lipinski definition) is 1. The summed E-state index contributed by atoms with van der Waals surface area (Å²) >= 11 is 5.79. The quantitative estimate of drug-likeness (QED) is 0.317. The zero-order valence-corrected chi connectivity index (χ0v) is 15.9. The summed E-state index contributed by atoms with van der Waals surface area (Å²) in [7, 11) is 0. The first-order chi connectivity index (χ1) is 14.1. The minimum atomic E-state index is -0.536. The molecule has 0 atom stereocenters. The van der Waals surface area contributed by atoms with Gasteiger partial charge in [-0.1, -0.05) is 41.9 Å². The second-order valence-corrected chi connectivity index (χ2v) is 6.26. The van der Waals surface area contributed by atoms with Crippen LogP contribution in [-0.2, 0) is 9.63 Å². The van der Waals surface area contributed by atoms with Gasteiger partial charge in [0.05, 0.1) is 11.4 Å². The van der Waals surface area contributed by atoms with Gasteiger partial charge >= 0.3 is 5.97 Å². The van der Waals surface area contributed by atoms with E-state index in [9.17, 15) is 9.59 Å². The fourth-order valence-corrected chi connectivity index (χ4v) is 2.35. The molecule has 29 heavy (non-hydrogen) atoms. The van der Waals surface area contributed by atoms with E-state index in [0.717, 1.165) is 5.56 Å². The number of anilines is 1. The number of azo groups is 1. The molecular weight excluding hydrogens is 390 g/mol. The predicted octanol–water partition coefficient (Wildman–Crippen LogP) is 5.85. The van der Waals surface area contributed by atoms with Crippen LogP contribution in [0.25, 0.3) is 6.08 Å². The van der Waals surface area contributed by atoms with Gasteiger partial charge in [0.2, 0.25) is 0 Å². The number of rotatable bonds is 6. The van der Waals surface area contributed by atoms with Crippen LogP contribution in [0.3, 0.4) is 0 Å². The lowest BCUT2D eigenvalue weighted by Crippen LogP contribution is -2.07. The van der Waals surface area contributed by atoms with E-state index in [-0.39, 0.29) is 0 Å². The van der Waals surface area contributed by atoms with Gasteiger partial charge in [0.1, 0.15) is 0 Å². The van der Waals surface area contributed by atoms with E-state index in [0.29, 0.717) is 22.0 Å². The molecular formula is C22H16ClN3O3. The van der Waals surface area contributed by atoms with Crippen LogP contribution in [0.1, 0.15) is 15.9 Å². The molecule has 0 bridgehead atoms. The molecule has 0 aliphatic heterocycles. The van der Waals surface area contributed by atoms with E-state index in [1.165, 1.54) is 6.08 Å². The van der Waals surface area contributed by atoms with Gasteiger partial charge in [0, 0.05) is 16.7 Å². The molecule has 7 heteroatoms. The second kappa shape index (κ2) is 9.96.